The van der Waals surface area contributed by atoms with Crippen molar-refractivity contribution in [3.63, 3.8) is 0 Å². The molecule has 3 rings (SSSR count). The van der Waals surface area contributed by atoms with Crippen LogP contribution in [0.1, 0.15) is 10.4 Å². The van der Waals surface area contributed by atoms with Crippen LogP contribution in [0, 0.1) is 10.1 Å². The van der Waals surface area contributed by atoms with E-state index in [1.165, 1.54) is 25.6 Å². The summed E-state index contributed by atoms with van der Waals surface area (Å²) in [5, 5.41) is 14.4. The summed E-state index contributed by atoms with van der Waals surface area (Å²) in [6, 6.07) is 15.3. The molecule has 0 amide bonds. The predicted molar refractivity (Wildman–Crippen MR) is 103 cm³/mol. The second-order valence-electron chi connectivity index (χ2n) is 5.49. The van der Waals surface area contributed by atoms with Crippen molar-refractivity contribution in [1.29, 1.82) is 0 Å². The molecule has 0 atom stereocenters. The van der Waals surface area contributed by atoms with Crippen molar-refractivity contribution < 1.29 is 14.5 Å². The Kier molecular flexibility index (Phi) is 5.60. The van der Waals surface area contributed by atoms with Crippen molar-refractivity contribution in [2.24, 2.45) is 0 Å². The van der Waals surface area contributed by atoms with Gasteiger partial charge in [-0.25, -0.2) is 14.8 Å². The number of hydrogen-bond acceptors (Lipinski definition) is 9. The Labute approximate surface area is 159 Å². The second-order valence-corrected chi connectivity index (χ2v) is 5.49. The number of nitro groups is 1. The van der Waals surface area contributed by atoms with Gasteiger partial charge in [0.05, 0.1) is 23.3 Å². The molecule has 10 heteroatoms. The number of para-hydroxylation sites is 1. The minimum absolute atomic E-state index is 0.00228. The molecule has 0 unspecified atom stereocenters. The van der Waals surface area contributed by atoms with E-state index in [9.17, 15) is 14.9 Å². The van der Waals surface area contributed by atoms with Crippen molar-refractivity contribution in [2.45, 2.75) is 0 Å². The molecule has 0 radical (unpaired) electrons. The zero-order chi connectivity index (χ0) is 19.9. The van der Waals surface area contributed by atoms with Gasteiger partial charge in [-0.05, 0) is 36.4 Å². The summed E-state index contributed by atoms with van der Waals surface area (Å²) < 4.78 is 4.64. The van der Waals surface area contributed by atoms with Gasteiger partial charge in [0.1, 0.15) is 6.33 Å². The summed E-state index contributed by atoms with van der Waals surface area (Å²) in [5.41, 5.74) is 6.83. The van der Waals surface area contributed by atoms with Crippen LogP contribution in [0.2, 0.25) is 0 Å². The Bertz CT molecular complexity index is 979. The Morgan fingerprint density at radius 2 is 1.64 bits per heavy atom. The molecule has 1 heterocycles. The number of aromatic nitrogens is 2. The van der Waals surface area contributed by atoms with Crippen LogP contribution >= 0.6 is 0 Å². The SMILES string of the molecule is COC(=O)c1ccc(Nc2ncnc(NNc3ccccc3)c2[N+](=O)[O-])cc1. The minimum atomic E-state index is -0.583. The van der Waals surface area contributed by atoms with E-state index in [-0.39, 0.29) is 17.3 Å². The van der Waals surface area contributed by atoms with Crippen LogP contribution in [0.3, 0.4) is 0 Å². The van der Waals surface area contributed by atoms with E-state index in [1.807, 2.05) is 18.2 Å². The first kappa shape index (κ1) is 18.6. The number of methoxy groups -OCH3 is 1. The molecular weight excluding hydrogens is 364 g/mol. The van der Waals surface area contributed by atoms with Crippen LogP contribution in [-0.4, -0.2) is 28.0 Å². The van der Waals surface area contributed by atoms with Gasteiger partial charge < -0.3 is 10.1 Å². The van der Waals surface area contributed by atoms with Crippen LogP contribution < -0.4 is 16.2 Å². The van der Waals surface area contributed by atoms with E-state index < -0.39 is 10.9 Å². The molecule has 1 aromatic heterocycles. The lowest BCUT2D eigenvalue weighted by atomic mass is 10.2. The number of hydrazine groups is 1. The van der Waals surface area contributed by atoms with Gasteiger partial charge in [-0.2, -0.15) is 0 Å². The van der Waals surface area contributed by atoms with Crippen molar-refractivity contribution in [3.8, 4) is 0 Å². The molecule has 0 aliphatic rings. The number of nitrogens with one attached hydrogen (secondary N) is 3. The monoisotopic (exact) mass is 380 g/mol. The molecule has 3 N–H and O–H groups in total. The normalized spacial score (nSPS) is 10.0. The maximum atomic E-state index is 11.6. The summed E-state index contributed by atoms with van der Waals surface area (Å²) in [6.07, 6.45) is 1.20. The average molecular weight is 380 g/mol. The third-order valence-corrected chi connectivity index (χ3v) is 3.67. The summed E-state index contributed by atoms with van der Waals surface area (Å²) in [7, 11) is 1.29. The van der Waals surface area contributed by atoms with Gasteiger partial charge in [0, 0.05) is 5.69 Å². The quantitative estimate of drug-likeness (QED) is 0.321. The van der Waals surface area contributed by atoms with Crippen LogP contribution in [-0.2, 0) is 4.74 Å². The zero-order valence-electron chi connectivity index (χ0n) is 14.7. The highest BCUT2D eigenvalue weighted by atomic mass is 16.6. The fourth-order valence-electron chi connectivity index (χ4n) is 2.33. The minimum Gasteiger partial charge on any atom is -0.465 e. The molecule has 3 aromatic rings. The first-order valence-electron chi connectivity index (χ1n) is 8.10. The van der Waals surface area contributed by atoms with Crippen LogP contribution in [0.5, 0.6) is 0 Å². The van der Waals surface area contributed by atoms with E-state index >= 15 is 0 Å². The molecule has 10 nitrogen and oxygen atoms in total. The number of carbonyl (C=O) groups is 1. The second kappa shape index (κ2) is 8.45. The molecular formula is C18H16N6O4. The highest BCUT2D eigenvalue weighted by molar-refractivity contribution is 5.89. The largest absolute Gasteiger partial charge is 0.465 e. The third kappa shape index (κ3) is 4.30. The van der Waals surface area contributed by atoms with Gasteiger partial charge in [-0.3, -0.25) is 21.0 Å². The number of esters is 1. The molecule has 142 valence electrons. The maximum absolute atomic E-state index is 11.6. The average Bonchev–Trinajstić information content (AvgIpc) is 2.73. The third-order valence-electron chi connectivity index (χ3n) is 3.67. The van der Waals surface area contributed by atoms with E-state index in [0.29, 0.717) is 16.9 Å². The smallest absolute Gasteiger partial charge is 0.355 e. The van der Waals surface area contributed by atoms with Gasteiger partial charge in [0.2, 0.25) is 11.6 Å². The Balaban J connectivity index is 1.82. The summed E-state index contributed by atoms with van der Waals surface area (Å²) in [6.45, 7) is 0. The Morgan fingerprint density at radius 3 is 2.29 bits per heavy atom. The van der Waals surface area contributed by atoms with Crippen LogP contribution in [0.4, 0.5) is 28.7 Å². The molecule has 0 saturated heterocycles. The van der Waals surface area contributed by atoms with E-state index in [0.717, 1.165) is 0 Å². The molecule has 28 heavy (non-hydrogen) atoms. The standard InChI is InChI=1S/C18H16N6O4/c1-28-18(25)12-7-9-13(10-8-12)21-16-15(24(26)27)17(20-11-19-16)23-22-14-5-3-2-4-6-14/h2-11,22H,1H3,(H2,19,20,21,23). The molecule has 0 saturated carbocycles. The van der Waals surface area contributed by atoms with Gasteiger partial charge in [0.15, 0.2) is 0 Å². The fraction of sp³-hybridized carbons (Fsp3) is 0.0556. The lowest BCUT2D eigenvalue weighted by Gasteiger charge is -2.11. The van der Waals surface area contributed by atoms with Crippen molar-refractivity contribution >= 4 is 34.7 Å². The fourth-order valence-corrected chi connectivity index (χ4v) is 2.33. The van der Waals surface area contributed by atoms with Gasteiger partial charge in [0.25, 0.3) is 0 Å². The van der Waals surface area contributed by atoms with Crippen molar-refractivity contribution in [2.75, 3.05) is 23.3 Å². The van der Waals surface area contributed by atoms with E-state index in [2.05, 4.69) is 30.9 Å². The zero-order valence-corrected chi connectivity index (χ0v) is 14.7. The van der Waals surface area contributed by atoms with Gasteiger partial charge >= 0.3 is 11.7 Å². The molecule has 0 aliphatic carbocycles. The van der Waals surface area contributed by atoms with Crippen LogP contribution in [0.25, 0.3) is 0 Å². The first-order valence-corrected chi connectivity index (χ1v) is 8.10. The summed E-state index contributed by atoms with van der Waals surface area (Å²) in [4.78, 5) is 30.4. The molecule has 2 aromatic carbocycles. The lowest BCUT2D eigenvalue weighted by molar-refractivity contribution is -0.383. The Hall–Kier alpha value is -4.21. The first-order chi connectivity index (χ1) is 13.6. The lowest BCUT2D eigenvalue weighted by Crippen LogP contribution is -2.13. The van der Waals surface area contributed by atoms with E-state index in [1.54, 1.807) is 24.3 Å². The Morgan fingerprint density at radius 1 is 0.964 bits per heavy atom. The molecule has 0 spiro atoms. The summed E-state index contributed by atoms with van der Waals surface area (Å²) >= 11 is 0. The highest BCUT2D eigenvalue weighted by Gasteiger charge is 2.23. The maximum Gasteiger partial charge on any atom is 0.355 e. The van der Waals surface area contributed by atoms with Gasteiger partial charge in [-0.1, -0.05) is 18.2 Å². The number of hydrogen-bond donors (Lipinski definition) is 3. The predicted octanol–water partition coefficient (Wildman–Crippen LogP) is 3.35. The van der Waals surface area contributed by atoms with E-state index in [4.69, 9.17) is 0 Å². The molecule has 0 bridgehead atoms. The molecule has 0 fully saturated rings. The number of anilines is 4. The van der Waals surface area contributed by atoms with Crippen LogP contribution in [0.15, 0.2) is 60.9 Å². The summed E-state index contributed by atoms with van der Waals surface area (Å²) in [5.74, 6) is -0.473. The number of ether oxygens (including phenoxy) is 1. The highest BCUT2D eigenvalue weighted by Crippen LogP contribution is 2.31. The molecule has 0 aliphatic heterocycles. The number of carbonyl (C=O) groups excluding carboxylic acids is 1. The van der Waals surface area contributed by atoms with Gasteiger partial charge in [-0.15, -0.1) is 0 Å². The number of rotatable bonds is 7. The number of benzene rings is 2. The number of nitrogens with zero attached hydrogens (tertiary/aromatic N) is 3. The van der Waals surface area contributed by atoms with Crippen molar-refractivity contribution in [1.82, 2.24) is 9.97 Å². The van der Waals surface area contributed by atoms with Crippen molar-refractivity contribution in [3.05, 3.63) is 76.6 Å². The topological polar surface area (TPSA) is 131 Å².